The Labute approximate surface area is 133 Å². The highest BCUT2D eigenvalue weighted by Crippen LogP contribution is 2.40. The molecule has 0 bridgehead atoms. The van der Waals surface area contributed by atoms with Crippen LogP contribution in [0.5, 0.6) is 0 Å². The molecule has 1 aromatic carbocycles. The summed E-state index contributed by atoms with van der Waals surface area (Å²) in [5.74, 6) is 1.24. The van der Waals surface area contributed by atoms with Crippen LogP contribution in [0.3, 0.4) is 0 Å². The van der Waals surface area contributed by atoms with Crippen LogP contribution in [0.2, 0.25) is 0 Å². The summed E-state index contributed by atoms with van der Waals surface area (Å²) in [5, 5.41) is 7.22. The number of nitrogens with zero attached hydrogens (tertiary/aromatic N) is 5. The average molecular weight is 310 g/mol. The number of benzene rings is 1. The van der Waals surface area contributed by atoms with E-state index in [2.05, 4.69) is 20.4 Å². The van der Waals surface area contributed by atoms with Crippen molar-refractivity contribution < 1.29 is 4.79 Å². The smallest absolute Gasteiger partial charge is 0.240 e. The molecule has 4 rings (SSSR count). The molecule has 1 N–H and O–H groups in total. The van der Waals surface area contributed by atoms with Gasteiger partial charge in [-0.15, -0.1) is 0 Å². The first-order chi connectivity index (χ1) is 11.2. The lowest BCUT2D eigenvalue weighted by molar-refractivity contribution is -0.122. The van der Waals surface area contributed by atoms with E-state index in [1.807, 2.05) is 35.9 Å². The third-order valence-electron chi connectivity index (χ3n) is 4.28. The summed E-state index contributed by atoms with van der Waals surface area (Å²) in [7, 11) is 1.85. The van der Waals surface area contributed by atoms with Crippen molar-refractivity contribution in [1.29, 1.82) is 0 Å². The lowest BCUT2D eigenvalue weighted by Gasteiger charge is -2.17. The van der Waals surface area contributed by atoms with Gasteiger partial charge in [-0.1, -0.05) is 12.1 Å². The van der Waals surface area contributed by atoms with Crippen molar-refractivity contribution in [2.45, 2.75) is 25.4 Å². The standard InChI is InChI=1S/C16H18N6O/c1-21-16(17-9-19-21)15(11-6-7-11)20-14(23)8-22-10-18-12-4-2-3-5-13(12)22/h2-5,9-11,15H,6-8H2,1H3,(H,20,23)/t15-/m1/s1. The van der Waals surface area contributed by atoms with Crippen LogP contribution in [0.25, 0.3) is 11.0 Å². The Morgan fingerprint density at radius 1 is 1.35 bits per heavy atom. The van der Waals surface area contributed by atoms with Crippen LogP contribution in [-0.2, 0) is 18.4 Å². The van der Waals surface area contributed by atoms with Gasteiger partial charge in [0.2, 0.25) is 5.91 Å². The summed E-state index contributed by atoms with van der Waals surface area (Å²) < 4.78 is 3.60. The molecule has 0 saturated heterocycles. The molecular weight excluding hydrogens is 292 g/mol. The lowest BCUT2D eigenvalue weighted by atomic mass is 10.1. The predicted octanol–water partition coefficient (Wildman–Crippen LogP) is 1.43. The van der Waals surface area contributed by atoms with Gasteiger partial charge in [-0.3, -0.25) is 9.48 Å². The van der Waals surface area contributed by atoms with Gasteiger partial charge in [0.25, 0.3) is 0 Å². The zero-order valence-electron chi connectivity index (χ0n) is 12.9. The van der Waals surface area contributed by atoms with Crippen LogP contribution in [0.15, 0.2) is 36.9 Å². The van der Waals surface area contributed by atoms with Crippen molar-refractivity contribution >= 4 is 16.9 Å². The Morgan fingerprint density at radius 3 is 2.91 bits per heavy atom. The summed E-state index contributed by atoms with van der Waals surface area (Å²) in [4.78, 5) is 21.1. The second-order valence-corrected chi connectivity index (χ2v) is 5.99. The molecule has 7 nitrogen and oxygen atoms in total. The average Bonchev–Trinajstić information content (AvgIpc) is 3.19. The quantitative estimate of drug-likeness (QED) is 0.773. The van der Waals surface area contributed by atoms with Crippen LogP contribution in [0.4, 0.5) is 0 Å². The van der Waals surface area contributed by atoms with Crippen LogP contribution in [-0.4, -0.2) is 30.2 Å². The van der Waals surface area contributed by atoms with Gasteiger partial charge >= 0.3 is 0 Å². The number of carbonyl (C=O) groups excluding carboxylic acids is 1. The molecule has 1 aliphatic rings. The number of imidazole rings is 1. The van der Waals surface area contributed by atoms with Crippen molar-refractivity contribution in [2.75, 3.05) is 0 Å². The van der Waals surface area contributed by atoms with E-state index in [1.54, 1.807) is 11.0 Å². The molecule has 1 aliphatic carbocycles. The number of rotatable bonds is 5. The van der Waals surface area contributed by atoms with Crippen molar-refractivity contribution in [3.05, 3.63) is 42.7 Å². The third-order valence-corrected chi connectivity index (χ3v) is 4.28. The molecule has 0 spiro atoms. The highest BCUT2D eigenvalue weighted by Gasteiger charge is 2.36. The zero-order chi connectivity index (χ0) is 15.8. The van der Waals surface area contributed by atoms with E-state index in [1.165, 1.54) is 6.33 Å². The fourth-order valence-corrected chi connectivity index (χ4v) is 2.92. The Kier molecular flexibility index (Phi) is 3.33. The minimum absolute atomic E-state index is 0.0342. The molecule has 0 aliphatic heterocycles. The summed E-state index contributed by atoms with van der Waals surface area (Å²) in [6.07, 6.45) is 5.47. The Bertz CT molecular complexity index is 847. The number of amides is 1. The highest BCUT2D eigenvalue weighted by atomic mass is 16.2. The van der Waals surface area contributed by atoms with Crippen LogP contribution >= 0.6 is 0 Å². The van der Waals surface area contributed by atoms with Crippen molar-refractivity contribution in [1.82, 2.24) is 29.6 Å². The molecule has 0 unspecified atom stereocenters. The lowest BCUT2D eigenvalue weighted by Crippen LogP contribution is -2.34. The first-order valence-corrected chi connectivity index (χ1v) is 7.75. The van der Waals surface area contributed by atoms with Gasteiger partial charge in [0.05, 0.1) is 23.4 Å². The van der Waals surface area contributed by atoms with Crippen molar-refractivity contribution in [2.24, 2.45) is 13.0 Å². The molecule has 1 fully saturated rings. The zero-order valence-corrected chi connectivity index (χ0v) is 12.9. The largest absolute Gasteiger partial charge is 0.344 e. The molecule has 2 heterocycles. The third kappa shape index (κ3) is 2.69. The van der Waals surface area contributed by atoms with Gasteiger partial charge in [0, 0.05) is 7.05 Å². The molecule has 2 aromatic heterocycles. The van der Waals surface area contributed by atoms with Gasteiger partial charge in [-0.2, -0.15) is 5.10 Å². The van der Waals surface area contributed by atoms with Gasteiger partial charge < -0.3 is 9.88 Å². The maximum atomic E-state index is 12.5. The molecular formula is C16H18N6O. The number of fused-ring (bicyclic) bond motifs is 1. The number of carbonyl (C=O) groups is 1. The summed E-state index contributed by atoms with van der Waals surface area (Å²) in [5.41, 5.74) is 1.86. The van der Waals surface area contributed by atoms with E-state index in [4.69, 9.17) is 0 Å². The van der Waals surface area contributed by atoms with Crippen molar-refractivity contribution in [3.63, 3.8) is 0 Å². The minimum Gasteiger partial charge on any atom is -0.344 e. The number of aryl methyl sites for hydroxylation is 1. The SMILES string of the molecule is Cn1ncnc1[C@H](NC(=O)Cn1cnc2ccccc21)C1CC1. The Hall–Kier alpha value is -2.70. The van der Waals surface area contributed by atoms with E-state index in [9.17, 15) is 4.79 Å². The highest BCUT2D eigenvalue weighted by molar-refractivity contribution is 5.80. The van der Waals surface area contributed by atoms with Crippen LogP contribution in [0, 0.1) is 5.92 Å². The van der Waals surface area contributed by atoms with E-state index in [-0.39, 0.29) is 18.5 Å². The number of hydrogen-bond donors (Lipinski definition) is 1. The second-order valence-electron chi connectivity index (χ2n) is 5.99. The topological polar surface area (TPSA) is 77.6 Å². The number of nitrogens with one attached hydrogen (secondary N) is 1. The van der Waals surface area contributed by atoms with Gasteiger partial charge in [-0.25, -0.2) is 9.97 Å². The Morgan fingerprint density at radius 2 is 2.17 bits per heavy atom. The Balaban J connectivity index is 1.51. The number of para-hydroxylation sites is 2. The normalized spacial score (nSPS) is 15.7. The van der Waals surface area contributed by atoms with Crippen molar-refractivity contribution in [3.8, 4) is 0 Å². The molecule has 1 amide bonds. The van der Waals surface area contributed by atoms with E-state index in [0.29, 0.717) is 5.92 Å². The molecule has 1 saturated carbocycles. The van der Waals surface area contributed by atoms with Gasteiger partial charge in [0.15, 0.2) is 0 Å². The van der Waals surface area contributed by atoms with E-state index in [0.717, 1.165) is 29.7 Å². The minimum atomic E-state index is -0.0650. The fraction of sp³-hybridized carbons (Fsp3) is 0.375. The molecule has 3 aromatic rings. The second kappa shape index (κ2) is 5.49. The van der Waals surface area contributed by atoms with E-state index >= 15 is 0 Å². The number of aromatic nitrogens is 5. The van der Waals surface area contributed by atoms with E-state index < -0.39 is 0 Å². The summed E-state index contributed by atoms with van der Waals surface area (Å²) >= 11 is 0. The first kappa shape index (κ1) is 13.9. The number of hydrogen-bond acceptors (Lipinski definition) is 4. The molecule has 0 radical (unpaired) electrons. The molecule has 118 valence electrons. The molecule has 1 atom stereocenters. The van der Waals surface area contributed by atoms with Crippen LogP contribution < -0.4 is 5.32 Å². The predicted molar refractivity (Wildman–Crippen MR) is 84.3 cm³/mol. The maximum Gasteiger partial charge on any atom is 0.240 e. The molecule has 7 heteroatoms. The fourth-order valence-electron chi connectivity index (χ4n) is 2.92. The molecule has 23 heavy (non-hydrogen) atoms. The van der Waals surface area contributed by atoms with Crippen LogP contribution in [0.1, 0.15) is 24.7 Å². The first-order valence-electron chi connectivity index (χ1n) is 7.75. The summed E-state index contributed by atoms with van der Waals surface area (Å²) in [6, 6.07) is 7.74. The van der Waals surface area contributed by atoms with Gasteiger partial charge in [-0.05, 0) is 30.9 Å². The monoisotopic (exact) mass is 310 g/mol. The maximum absolute atomic E-state index is 12.5. The summed E-state index contributed by atoms with van der Waals surface area (Å²) in [6.45, 7) is 0.252. The van der Waals surface area contributed by atoms with Gasteiger partial charge in [0.1, 0.15) is 18.7 Å².